The van der Waals surface area contributed by atoms with Gasteiger partial charge in [0.15, 0.2) is 0 Å². The van der Waals surface area contributed by atoms with Crippen LogP contribution in [0.2, 0.25) is 5.02 Å². The molecule has 2 amide bonds. The van der Waals surface area contributed by atoms with Crippen LogP contribution in [0.15, 0.2) is 48.5 Å². The predicted octanol–water partition coefficient (Wildman–Crippen LogP) is 3.19. The average Bonchev–Trinajstić information content (AvgIpc) is 2.46. The molecule has 0 aromatic heterocycles. The number of hydrogen-bond acceptors (Lipinski definition) is 3. The molecule has 5 nitrogen and oxygen atoms in total. The molecule has 108 valence electrons. The van der Waals surface area contributed by atoms with Crippen molar-refractivity contribution in [3.63, 3.8) is 0 Å². The van der Waals surface area contributed by atoms with E-state index >= 15 is 0 Å². The SMILES string of the molecule is NC(=O)Nc1cccc(C(=O)OCc2ccc(Cl)cc2)c1. The molecule has 0 fully saturated rings. The predicted molar refractivity (Wildman–Crippen MR) is 80.2 cm³/mol. The molecular weight excluding hydrogens is 292 g/mol. The number of ether oxygens (including phenoxy) is 1. The summed E-state index contributed by atoms with van der Waals surface area (Å²) in [5, 5.41) is 3.02. The molecule has 3 N–H and O–H groups in total. The van der Waals surface area contributed by atoms with E-state index < -0.39 is 12.0 Å². The van der Waals surface area contributed by atoms with E-state index in [1.165, 1.54) is 6.07 Å². The topological polar surface area (TPSA) is 81.4 Å². The number of hydrogen-bond donors (Lipinski definition) is 2. The van der Waals surface area contributed by atoms with Crippen molar-refractivity contribution >= 4 is 29.3 Å². The highest BCUT2D eigenvalue weighted by Crippen LogP contribution is 2.14. The van der Waals surface area contributed by atoms with E-state index in [1.54, 1.807) is 42.5 Å². The Morgan fingerprint density at radius 2 is 1.86 bits per heavy atom. The number of esters is 1. The molecule has 0 radical (unpaired) electrons. The Hall–Kier alpha value is -2.53. The zero-order valence-electron chi connectivity index (χ0n) is 11.0. The van der Waals surface area contributed by atoms with Gasteiger partial charge in [0.1, 0.15) is 6.61 Å². The molecule has 21 heavy (non-hydrogen) atoms. The number of nitrogens with one attached hydrogen (secondary N) is 1. The van der Waals surface area contributed by atoms with Gasteiger partial charge in [-0.05, 0) is 35.9 Å². The van der Waals surface area contributed by atoms with Gasteiger partial charge < -0.3 is 15.8 Å². The lowest BCUT2D eigenvalue weighted by Crippen LogP contribution is -2.19. The Morgan fingerprint density at radius 1 is 1.14 bits per heavy atom. The summed E-state index contributed by atoms with van der Waals surface area (Å²) >= 11 is 5.78. The molecule has 2 aromatic carbocycles. The van der Waals surface area contributed by atoms with Crippen molar-refractivity contribution in [2.45, 2.75) is 6.61 Å². The Morgan fingerprint density at radius 3 is 2.52 bits per heavy atom. The highest BCUT2D eigenvalue weighted by atomic mass is 35.5. The third-order valence-electron chi connectivity index (χ3n) is 2.65. The summed E-state index contributed by atoms with van der Waals surface area (Å²) in [6.45, 7) is 0.142. The van der Waals surface area contributed by atoms with E-state index in [9.17, 15) is 9.59 Å². The van der Waals surface area contributed by atoms with Gasteiger partial charge in [-0.2, -0.15) is 0 Å². The van der Waals surface area contributed by atoms with Gasteiger partial charge in [0.2, 0.25) is 0 Å². The number of nitrogens with two attached hydrogens (primary N) is 1. The van der Waals surface area contributed by atoms with Crippen molar-refractivity contribution in [3.05, 3.63) is 64.7 Å². The molecule has 0 atom stereocenters. The largest absolute Gasteiger partial charge is 0.457 e. The number of rotatable bonds is 4. The van der Waals surface area contributed by atoms with Crippen molar-refractivity contribution in [1.29, 1.82) is 0 Å². The fourth-order valence-electron chi connectivity index (χ4n) is 1.68. The molecule has 0 bridgehead atoms. The molecule has 6 heteroatoms. The van der Waals surface area contributed by atoms with Crippen LogP contribution in [-0.2, 0) is 11.3 Å². The van der Waals surface area contributed by atoms with Crippen LogP contribution in [0.1, 0.15) is 15.9 Å². The molecular formula is C15H13ClN2O3. The number of primary amides is 1. The Balaban J connectivity index is 1.99. The van der Waals surface area contributed by atoms with Gasteiger partial charge in [-0.3, -0.25) is 0 Å². The number of anilines is 1. The molecule has 0 aliphatic rings. The maximum atomic E-state index is 11.9. The van der Waals surface area contributed by atoms with Crippen LogP contribution in [0.25, 0.3) is 0 Å². The number of urea groups is 1. The molecule has 0 saturated heterocycles. The van der Waals surface area contributed by atoms with Gasteiger partial charge in [0.05, 0.1) is 5.56 Å². The number of halogens is 1. The zero-order valence-corrected chi connectivity index (χ0v) is 11.8. The van der Waals surface area contributed by atoms with Crippen LogP contribution in [0, 0.1) is 0 Å². The summed E-state index contributed by atoms with van der Waals surface area (Å²) in [5.41, 5.74) is 6.62. The van der Waals surface area contributed by atoms with Crippen LogP contribution < -0.4 is 11.1 Å². The summed E-state index contributed by atoms with van der Waals surface area (Å²) in [6, 6.07) is 12.7. The van der Waals surface area contributed by atoms with Crippen molar-refractivity contribution in [2.24, 2.45) is 5.73 Å². The third-order valence-corrected chi connectivity index (χ3v) is 2.90. The minimum atomic E-state index is -0.693. The first-order valence-electron chi connectivity index (χ1n) is 6.12. The Bertz CT molecular complexity index is 656. The lowest BCUT2D eigenvalue weighted by molar-refractivity contribution is 0.0472. The second-order valence-electron chi connectivity index (χ2n) is 4.27. The Kier molecular flexibility index (Phi) is 4.79. The van der Waals surface area contributed by atoms with Gasteiger partial charge in [-0.1, -0.05) is 29.8 Å². The maximum absolute atomic E-state index is 11.9. The van der Waals surface area contributed by atoms with Crippen LogP contribution >= 0.6 is 11.6 Å². The minimum absolute atomic E-state index is 0.142. The van der Waals surface area contributed by atoms with Crippen molar-refractivity contribution in [3.8, 4) is 0 Å². The van der Waals surface area contributed by atoms with Crippen molar-refractivity contribution < 1.29 is 14.3 Å². The summed E-state index contributed by atoms with van der Waals surface area (Å²) in [7, 11) is 0. The summed E-state index contributed by atoms with van der Waals surface area (Å²) in [4.78, 5) is 22.7. The average molecular weight is 305 g/mol. The molecule has 0 aliphatic carbocycles. The standard InChI is InChI=1S/C15H13ClN2O3/c16-12-6-4-10(5-7-12)9-21-14(19)11-2-1-3-13(8-11)18-15(17)20/h1-8H,9H2,(H3,17,18,20). The first-order chi connectivity index (χ1) is 10.0. The highest BCUT2D eigenvalue weighted by Gasteiger charge is 2.08. The normalized spacial score (nSPS) is 9.95. The molecule has 0 aliphatic heterocycles. The molecule has 2 rings (SSSR count). The second kappa shape index (κ2) is 6.76. The van der Waals surface area contributed by atoms with E-state index in [0.717, 1.165) is 5.56 Å². The van der Waals surface area contributed by atoms with Gasteiger partial charge in [-0.15, -0.1) is 0 Å². The Labute approximate surface area is 126 Å². The van der Waals surface area contributed by atoms with E-state index in [-0.39, 0.29) is 6.61 Å². The maximum Gasteiger partial charge on any atom is 0.338 e. The summed E-state index contributed by atoms with van der Waals surface area (Å²) in [6.07, 6.45) is 0. The number of carbonyl (C=O) groups is 2. The van der Waals surface area contributed by atoms with Crippen LogP contribution in [-0.4, -0.2) is 12.0 Å². The molecule has 0 heterocycles. The smallest absolute Gasteiger partial charge is 0.338 e. The van der Waals surface area contributed by atoms with E-state index in [0.29, 0.717) is 16.3 Å². The second-order valence-corrected chi connectivity index (χ2v) is 4.71. The highest BCUT2D eigenvalue weighted by molar-refractivity contribution is 6.30. The lowest BCUT2D eigenvalue weighted by Gasteiger charge is -2.07. The monoisotopic (exact) mass is 304 g/mol. The van der Waals surface area contributed by atoms with Gasteiger partial charge in [-0.25, -0.2) is 9.59 Å². The molecule has 2 aromatic rings. The first kappa shape index (κ1) is 14.9. The molecule has 0 saturated carbocycles. The van der Waals surface area contributed by atoms with Gasteiger partial charge in [0.25, 0.3) is 0 Å². The van der Waals surface area contributed by atoms with Crippen molar-refractivity contribution in [1.82, 2.24) is 0 Å². The van der Waals surface area contributed by atoms with Crippen LogP contribution in [0.3, 0.4) is 0 Å². The minimum Gasteiger partial charge on any atom is -0.457 e. The van der Waals surface area contributed by atoms with Crippen LogP contribution in [0.4, 0.5) is 10.5 Å². The van der Waals surface area contributed by atoms with E-state index in [4.69, 9.17) is 22.1 Å². The fraction of sp³-hybridized carbons (Fsp3) is 0.0667. The molecule has 0 unspecified atom stereocenters. The van der Waals surface area contributed by atoms with Gasteiger partial charge >= 0.3 is 12.0 Å². The molecule has 0 spiro atoms. The van der Waals surface area contributed by atoms with E-state index in [1.807, 2.05) is 0 Å². The summed E-state index contributed by atoms with van der Waals surface area (Å²) < 4.78 is 5.19. The van der Waals surface area contributed by atoms with Crippen LogP contribution in [0.5, 0.6) is 0 Å². The van der Waals surface area contributed by atoms with Gasteiger partial charge in [0, 0.05) is 10.7 Å². The fourth-order valence-corrected chi connectivity index (χ4v) is 1.81. The first-order valence-corrected chi connectivity index (χ1v) is 6.50. The lowest BCUT2D eigenvalue weighted by atomic mass is 10.2. The third kappa shape index (κ3) is 4.50. The number of amides is 2. The number of carbonyl (C=O) groups excluding carboxylic acids is 2. The summed E-state index contributed by atoms with van der Waals surface area (Å²) in [5.74, 6) is -0.488. The zero-order chi connectivity index (χ0) is 15.2. The number of benzene rings is 2. The van der Waals surface area contributed by atoms with Crippen molar-refractivity contribution in [2.75, 3.05) is 5.32 Å². The quantitative estimate of drug-likeness (QED) is 0.851. The van der Waals surface area contributed by atoms with E-state index in [2.05, 4.69) is 5.32 Å².